The van der Waals surface area contributed by atoms with Crippen molar-refractivity contribution in [3.63, 3.8) is 0 Å². The molecular weight excluding hydrogens is 329 g/mol. The van der Waals surface area contributed by atoms with Crippen LogP contribution >= 0.6 is 34.7 Å². The summed E-state index contributed by atoms with van der Waals surface area (Å²) in [6, 6.07) is 1.74. The highest BCUT2D eigenvalue weighted by Gasteiger charge is 2.20. The molecule has 0 aliphatic carbocycles. The quantitative estimate of drug-likeness (QED) is 0.837. The average Bonchev–Trinajstić information content (AvgIpc) is 2.73. The predicted molar refractivity (Wildman–Crippen MR) is 87.9 cm³/mol. The van der Waals surface area contributed by atoms with Crippen LogP contribution in [0.15, 0.2) is 12.3 Å². The Labute approximate surface area is 137 Å². The first kappa shape index (κ1) is 14.8. The second-order valence-corrected chi connectivity index (χ2v) is 6.48. The number of rotatable bonds is 2. The standard InChI is InChI=1S/C13H15Cl2N5S/c1-9-17-13(21-18-9)20-4-2-3-19(5-6-20)12-11(15)7-10(14)8-16-12/h7-8H,2-6H2,1H3. The molecule has 0 N–H and O–H groups in total. The van der Waals surface area contributed by atoms with Crippen LogP contribution in [0.5, 0.6) is 0 Å². The summed E-state index contributed by atoms with van der Waals surface area (Å²) in [6.07, 6.45) is 2.67. The maximum Gasteiger partial charge on any atom is 0.205 e. The molecule has 0 amide bonds. The fraction of sp³-hybridized carbons (Fsp3) is 0.462. The van der Waals surface area contributed by atoms with Crippen molar-refractivity contribution in [2.45, 2.75) is 13.3 Å². The summed E-state index contributed by atoms with van der Waals surface area (Å²) < 4.78 is 4.25. The van der Waals surface area contributed by atoms with Gasteiger partial charge in [0.25, 0.3) is 0 Å². The lowest BCUT2D eigenvalue weighted by Crippen LogP contribution is -2.31. The van der Waals surface area contributed by atoms with Gasteiger partial charge in [0.1, 0.15) is 11.6 Å². The predicted octanol–water partition coefficient (Wildman–Crippen LogP) is 3.27. The molecule has 1 aliphatic heterocycles. The van der Waals surface area contributed by atoms with Gasteiger partial charge in [-0.2, -0.15) is 4.37 Å². The molecule has 0 spiro atoms. The first-order chi connectivity index (χ1) is 10.1. The van der Waals surface area contributed by atoms with Gasteiger partial charge in [-0.05, 0) is 19.4 Å². The Hall–Kier alpha value is -1.11. The van der Waals surface area contributed by atoms with Crippen LogP contribution in [-0.2, 0) is 0 Å². The van der Waals surface area contributed by atoms with Crippen LogP contribution in [0.3, 0.4) is 0 Å². The van der Waals surface area contributed by atoms with Crippen molar-refractivity contribution in [2.75, 3.05) is 36.0 Å². The Balaban J connectivity index is 1.73. The number of aryl methyl sites for hydroxylation is 1. The largest absolute Gasteiger partial charge is 0.354 e. The maximum atomic E-state index is 6.25. The number of nitrogens with zero attached hydrogens (tertiary/aromatic N) is 5. The van der Waals surface area contributed by atoms with E-state index >= 15 is 0 Å². The number of hydrogen-bond donors (Lipinski definition) is 0. The van der Waals surface area contributed by atoms with Crippen molar-refractivity contribution in [1.29, 1.82) is 0 Å². The van der Waals surface area contributed by atoms with E-state index < -0.39 is 0 Å². The van der Waals surface area contributed by atoms with Gasteiger partial charge in [-0.3, -0.25) is 0 Å². The van der Waals surface area contributed by atoms with Crippen molar-refractivity contribution < 1.29 is 0 Å². The van der Waals surface area contributed by atoms with Crippen LogP contribution in [0.2, 0.25) is 10.0 Å². The molecule has 112 valence electrons. The second kappa shape index (κ2) is 6.34. The third-order valence-corrected chi connectivity index (χ3v) is 4.72. The number of anilines is 2. The molecule has 1 saturated heterocycles. The number of halogens is 2. The molecule has 0 radical (unpaired) electrons. The van der Waals surface area contributed by atoms with Crippen molar-refractivity contribution in [3.05, 3.63) is 28.1 Å². The second-order valence-electron chi connectivity index (χ2n) is 4.91. The highest BCUT2D eigenvalue weighted by atomic mass is 35.5. The van der Waals surface area contributed by atoms with Gasteiger partial charge in [0.15, 0.2) is 0 Å². The molecule has 1 aliphatic rings. The van der Waals surface area contributed by atoms with Gasteiger partial charge < -0.3 is 9.80 Å². The molecule has 2 aromatic rings. The van der Waals surface area contributed by atoms with Crippen LogP contribution in [0.25, 0.3) is 0 Å². The van der Waals surface area contributed by atoms with Crippen LogP contribution < -0.4 is 9.80 Å². The Morgan fingerprint density at radius 1 is 1.14 bits per heavy atom. The van der Waals surface area contributed by atoms with Gasteiger partial charge in [0.2, 0.25) is 5.13 Å². The monoisotopic (exact) mass is 343 g/mol. The Bertz CT molecular complexity index is 633. The molecule has 3 heterocycles. The molecule has 21 heavy (non-hydrogen) atoms. The smallest absolute Gasteiger partial charge is 0.205 e. The zero-order chi connectivity index (χ0) is 14.8. The van der Waals surface area contributed by atoms with E-state index in [-0.39, 0.29) is 0 Å². The maximum absolute atomic E-state index is 6.25. The Morgan fingerprint density at radius 2 is 1.90 bits per heavy atom. The van der Waals surface area contributed by atoms with E-state index in [4.69, 9.17) is 23.2 Å². The number of hydrogen-bond acceptors (Lipinski definition) is 6. The number of pyridine rings is 1. The lowest BCUT2D eigenvalue weighted by Gasteiger charge is -2.23. The summed E-state index contributed by atoms with van der Waals surface area (Å²) >= 11 is 13.6. The summed E-state index contributed by atoms with van der Waals surface area (Å²) in [4.78, 5) is 13.3. The number of aromatic nitrogens is 3. The van der Waals surface area contributed by atoms with Crippen molar-refractivity contribution in [2.24, 2.45) is 0 Å². The highest BCUT2D eigenvalue weighted by Crippen LogP contribution is 2.27. The van der Waals surface area contributed by atoms with Crippen LogP contribution in [-0.4, -0.2) is 40.5 Å². The minimum absolute atomic E-state index is 0.560. The molecule has 0 bridgehead atoms. The van der Waals surface area contributed by atoms with Gasteiger partial charge in [0, 0.05) is 43.9 Å². The summed E-state index contributed by atoms with van der Waals surface area (Å²) in [5, 5.41) is 2.15. The summed E-state index contributed by atoms with van der Waals surface area (Å²) in [6.45, 7) is 5.54. The van der Waals surface area contributed by atoms with Crippen molar-refractivity contribution >= 4 is 45.7 Å². The fourth-order valence-corrected chi connectivity index (χ4v) is 3.60. The lowest BCUT2D eigenvalue weighted by molar-refractivity contribution is 0.797. The van der Waals surface area contributed by atoms with E-state index in [1.165, 1.54) is 11.5 Å². The van der Waals surface area contributed by atoms with E-state index in [1.54, 1.807) is 12.3 Å². The molecule has 0 unspecified atom stereocenters. The summed E-state index contributed by atoms with van der Waals surface area (Å²) in [5.74, 6) is 1.63. The topological polar surface area (TPSA) is 45.2 Å². The van der Waals surface area contributed by atoms with Gasteiger partial charge in [0.05, 0.1) is 10.0 Å². The molecule has 2 aromatic heterocycles. The van der Waals surface area contributed by atoms with Crippen LogP contribution in [0.1, 0.15) is 12.2 Å². The molecule has 0 atom stereocenters. The SMILES string of the molecule is Cc1nsc(N2CCCN(c3ncc(Cl)cc3Cl)CC2)n1. The van der Waals surface area contributed by atoms with Crippen molar-refractivity contribution in [3.8, 4) is 0 Å². The Morgan fingerprint density at radius 3 is 2.62 bits per heavy atom. The van der Waals surface area contributed by atoms with E-state index in [9.17, 15) is 0 Å². The van der Waals surface area contributed by atoms with Crippen LogP contribution in [0.4, 0.5) is 10.9 Å². The molecule has 0 saturated carbocycles. The minimum atomic E-state index is 0.560. The summed E-state index contributed by atoms with van der Waals surface area (Å²) in [7, 11) is 0. The molecule has 3 rings (SSSR count). The lowest BCUT2D eigenvalue weighted by atomic mass is 10.3. The van der Waals surface area contributed by atoms with Gasteiger partial charge in [-0.25, -0.2) is 9.97 Å². The highest BCUT2D eigenvalue weighted by molar-refractivity contribution is 7.09. The molecule has 1 fully saturated rings. The summed E-state index contributed by atoms with van der Waals surface area (Å²) in [5.41, 5.74) is 0. The zero-order valence-corrected chi connectivity index (χ0v) is 13.9. The molecule has 5 nitrogen and oxygen atoms in total. The molecule has 0 aromatic carbocycles. The van der Waals surface area contributed by atoms with E-state index in [0.29, 0.717) is 10.0 Å². The van der Waals surface area contributed by atoms with Gasteiger partial charge in [-0.15, -0.1) is 0 Å². The van der Waals surface area contributed by atoms with Crippen LogP contribution in [0, 0.1) is 6.92 Å². The fourth-order valence-electron chi connectivity index (χ4n) is 2.38. The molecule has 8 heteroatoms. The van der Waals surface area contributed by atoms with Gasteiger partial charge in [-0.1, -0.05) is 23.2 Å². The average molecular weight is 344 g/mol. The third-order valence-electron chi connectivity index (χ3n) is 3.37. The van der Waals surface area contributed by atoms with E-state index in [1.807, 2.05) is 6.92 Å². The van der Waals surface area contributed by atoms with Gasteiger partial charge >= 0.3 is 0 Å². The first-order valence-electron chi connectivity index (χ1n) is 6.75. The molecular formula is C13H15Cl2N5S. The van der Waals surface area contributed by atoms with E-state index in [2.05, 4.69) is 24.1 Å². The first-order valence-corrected chi connectivity index (χ1v) is 8.27. The van der Waals surface area contributed by atoms with E-state index in [0.717, 1.165) is 49.4 Å². The Kier molecular flexibility index (Phi) is 4.47. The van der Waals surface area contributed by atoms with Crippen molar-refractivity contribution in [1.82, 2.24) is 14.3 Å². The zero-order valence-electron chi connectivity index (χ0n) is 11.6. The normalized spacial score (nSPS) is 16.1. The minimum Gasteiger partial charge on any atom is -0.354 e. The third kappa shape index (κ3) is 3.39.